The van der Waals surface area contributed by atoms with Gasteiger partial charge in [-0.05, 0) is 12.6 Å². The van der Waals surface area contributed by atoms with Crippen LogP contribution in [0.1, 0.15) is 18.4 Å². The van der Waals surface area contributed by atoms with Gasteiger partial charge in [0.25, 0.3) is 5.91 Å². The predicted molar refractivity (Wildman–Crippen MR) is 65.8 cm³/mol. The molecule has 5 nitrogen and oxygen atoms in total. The Labute approximate surface area is 105 Å². The van der Waals surface area contributed by atoms with Crippen molar-refractivity contribution in [1.29, 1.82) is 0 Å². The van der Waals surface area contributed by atoms with Crippen molar-refractivity contribution in [2.45, 2.75) is 23.9 Å². The zero-order valence-corrected chi connectivity index (χ0v) is 10.1. The lowest BCUT2D eigenvalue weighted by Gasteiger charge is -2.52. The van der Waals surface area contributed by atoms with Gasteiger partial charge in [-0.2, -0.15) is 0 Å². The van der Waals surface area contributed by atoms with Crippen molar-refractivity contribution in [3.05, 3.63) is 35.9 Å². The molecule has 1 spiro atoms. The fourth-order valence-electron chi connectivity index (χ4n) is 3.04. The molecule has 0 bridgehead atoms. The first-order valence-corrected chi connectivity index (χ1v) is 5.98. The Morgan fingerprint density at radius 1 is 1.17 bits per heavy atom. The molecule has 1 aromatic rings. The van der Waals surface area contributed by atoms with E-state index >= 15 is 0 Å². The molecule has 94 valence electrons. The summed E-state index contributed by atoms with van der Waals surface area (Å²) in [6.45, 7) is 0. The van der Waals surface area contributed by atoms with Crippen LogP contribution in [0.2, 0.25) is 0 Å². The molecule has 1 saturated heterocycles. The van der Waals surface area contributed by atoms with Gasteiger partial charge in [-0.25, -0.2) is 4.79 Å². The highest BCUT2D eigenvalue weighted by atomic mass is 16.2. The number of rotatable bonds is 2. The Kier molecular flexibility index (Phi) is 2.22. The van der Waals surface area contributed by atoms with Gasteiger partial charge in [0.2, 0.25) is 0 Å². The number of hydrogen-bond donors (Lipinski definition) is 3. The second-order valence-corrected chi connectivity index (χ2v) is 5.04. The summed E-state index contributed by atoms with van der Waals surface area (Å²) in [6, 6.07) is 9.61. The first kappa shape index (κ1) is 11.2. The van der Waals surface area contributed by atoms with E-state index in [-0.39, 0.29) is 11.4 Å². The maximum Gasteiger partial charge on any atom is 0.322 e. The normalized spacial score (nSPS) is 34.1. The molecule has 0 radical (unpaired) electrons. The van der Waals surface area contributed by atoms with E-state index in [0.717, 1.165) is 5.56 Å². The van der Waals surface area contributed by atoms with Gasteiger partial charge in [0.05, 0.1) is 0 Å². The van der Waals surface area contributed by atoms with Crippen LogP contribution in [0.25, 0.3) is 0 Å². The van der Waals surface area contributed by atoms with Crippen molar-refractivity contribution in [1.82, 2.24) is 16.0 Å². The first-order chi connectivity index (χ1) is 8.60. The fourth-order valence-corrected chi connectivity index (χ4v) is 3.04. The average molecular weight is 245 g/mol. The summed E-state index contributed by atoms with van der Waals surface area (Å²) in [5, 5.41) is 8.33. The Bertz CT molecular complexity index is 506. The molecule has 2 aliphatic rings. The minimum atomic E-state index is -0.726. The third-order valence-electron chi connectivity index (χ3n) is 4.03. The van der Waals surface area contributed by atoms with Crippen LogP contribution >= 0.6 is 0 Å². The molecule has 3 N–H and O–H groups in total. The van der Waals surface area contributed by atoms with E-state index in [9.17, 15) is 9.59 Å². The number of carbonyl (C=O) groups excluding carboxylic acids is 2. The smallest absolute Gasteiger partial charge is 0.322 e. The number of urea groups is 1. The van der Waals surface area contributed by atoms with Crippen molar-refractivity contribution in [2.75, 3.05) is 7.05 Å². The summed E-state index contributed by atoms with van der Waals surface area (Å²) in [6.07, 6.45) is 1.16. The average Bonchev–Trinajstić information content (AvgIpc) is 2.63. The Morgan fingerprint density at radius 3 is 2.33 bits per heavy atom. The lowest BCUT2D eigenvalue weighted by Crippen LogP contribution is -2.68. The van der Waals surface area contributed by atoms with E-state index in [2.05, 4.69) is 16.0 Å². The molecule has 0 unspecified atom stereocenters. The Hall–Kier alpha value is -1.88. The maximum atomic E-state index is 11.8. The summed E-state index contributed by atoms with van der Waals surface area (Å²) < 4.78 is 0. The fraction of sp³-hybridized carbons (Fsp3) is 0.385. The number of hydrogen-bond acceptors (Lipinski definition) is 3. The van der Waals surface area contributed by atoms with E-state index in [0.29, 0.717) is 12.8 Å². The van der Waals surface area contributed by atoms with Gasteiger partial charge in [-0.15, -0.1) is 0 Å². The van der Waals surface area contributed by atoms with Crippen LogP contribution < -0.4 is 16.0 Å². The predicted octanol–water partition coefficient (Wildman–Crippen LogP) is 0.473. The van der Waals surface area contributed by atoms with Crippen LogP contribution in [-0.4, -0.2) is 24.5 Å². The van der Waals surface area contributed by atoms with Gasteiger partial charge < -0.3 is 10.6 Å². The zero-order valence-electron chi connectivity index (χ0n) is 10.1. The lowest BCUT2D eigenvalue weighted by atomic mass is 9.60. The molecule has 5 heteroatoms. The molecule has 3 rings (SSSR count). The van der Waals surface area contributed by atoms with Crippen molar-refractivity contribution in [3.63, 3.8) is 0 Å². The highest BCUT2D eigenvalue weighted by Crippen LogP contribution is 2.49. The summed E-state index contributed by atoms with van der Waals surface area (Å²) in [5.41, 5.74) is 0.193. The summed E-state index contributed by atoms with van der Waals surface area (Å²) in [7, 11) is 1.88. The number of carbonyl (C=O) groups is 2. The molecule has 1 saturated carbocycles. The van der Waals surface area contributed by atoms with Crippen molar-refractivity contribution in [2.24, 2.45) is 0 Å². The van der Waals surface area contributed by atoms with Crippen LogP contribution in [0.3, 0.4) is 0 Å². The largest absolute Gasteiger partial charge is 0.323 e. The molecule has 2 fully saturated rings. The molecule has 1 aliphatic carbocycles. The number of imide groups is 1. The maximum absolute atomic E-state index is 11.8. The molecule has 3 amide bonds. The minimum Gasteiger partial charge on any atom is -0.323 e. The van der Waals surface area contributed by atoms with E-state index in [1.54, 1.807) is 0 Å². The van der Waals surface area contributed by atoms with Gasteiger partial charge in [-0.3, -0.25) is 10.1 Å². The van der Waals surface area contributed by atoms with Crippen LogP contribution in [0.5, 0.6) is 0 Å². The molecule has 0 aromatic heterocycles. The molecule has 0 atom stereocenters. The molecule has 1 aromatic carbocycles. The van der Waals surface area contributed by atoms with Gasteiger partial charge in [0.1, 0.15) is 5.54 Å². The lowest BCUT2D eigenvalue weighted by molar-refractivity contribution is -0.130. The second-order valence-electron chi connectivity index (χ2n) is 5.04. The first-order valence-electron chi connectivity index (χ1n) is 5.98. The molecule has 18 heavy (non-hydrogen) atoms. The van der Waals surface area contributed by atoms with Crippen LogP contribution in [-0.2, 0) is 10.3 Å². The number of nitrogens with one attached hydrogen (secondary N) is 3. The monoisotopic (exact) mass is 245 g/mol. The van der Waals surface area contributed by atoms with Gasteiger partial charge >= 0.3 is 6.03 Å². The van der Waals surface area contributed by atoms with E-state index in [1.807, 2.05) is 37.4 Å². The highest BCUT2D eigenvalue weighted by Gasteiger charge is 2.62. The SMILES string of the molecule is CN[C@]1(c2ccccc2)C[C@@]2(C1)NC(=O)NC2=O. The Balaban J connectivity index is 1.88. The molecular weight excluding hydrogens is 230 g/mol. The summed E-state index contributed by atoms with van der Waals surface area (Å²) >= 11 is 0. The Morgan fingerprint density at radius 2 is 1.83 bits per heavy atom. The summed E-state index contributed by atoms with van der Waals surface area (Å²) in [4.78, 5) is 23.0. The second kappa shape index (κ2) is 3.55. The van der Waals surface area contributed by atoms with Gasteiger partial charge in [-0.1, -0.05) is 30.3 Å². The van der Waals surface area contributed by atoms with Crippen molar-refractivity contribution in [3.8, 4) is 0 Å². The van der Waals surface area contributed by atoms with Gasteiger partial charge in [0, 0.05) is 18.4 Å². The zero-order chi connectivity index (χ0) is 12.8. The third-order valence-corrected chi connectivity index (χ3v) is 4.03. The van der Waals surface area contributed by atoms with E-state index < -0.39 is 11.6 Å². The van der Waals surface area contributed by atoms with Crippen molar-refractivity contribution >= 4 is 11.9 Å². The third kappa shape index (κ3) is 1.37. The summed E-state index contributed by atoms with van der Waals surface area (Å²) in [5.74, 6) is -0.214. The van der Waals surface area contributed by atoms with E-state index in [1.165, 1.54) is 0 Å². The topological polar surface area (TPSA) is 70.2 Å². The van der Waals surface area contributed by atoms with Crippen molar-refractivity contribution < 1.29 is 9.59 Å². The number of amides is 3. The molecule has 1 aliphatic heterocycles. The van der Waals surface area contributed by atoms with Crippen LogP contribution in [0, 0.1) is 0 Å². The van der Waals surface area contributed by atoms with E-state index in [4.69, 9.17) is 0 Å². The van der Waals surface area contributed by atoms with Crippen LogP contribution in [0.4, 0.5) is 4.79 Å². The molecular formula is C13H15N3O2. The quantitative estimate of drug-likeness (QED) is 0.663. The minimum absolute atomic E-state index is 0.214. The standard InChI is InChI=1S/C13H15N3O2/c1-14-12(9-5-3-2-4-6-9)7-13(8-12)10(17)15-11(18)16-13/h2-6,14H,7-8H2,1H3,(H2,15,16,17,18)/t12-,13+. The number of benzene rings is 1. The molecule has 1 heterocycles. The van der Waals surface area contributed by atoms with Crippen LogP contribution in [0.15, 0.2) is 30.3 Å². The highest BCUT2D eigenvalue weighted by molar-refractivity contribution is 6.08. The van der Waals surface area contributed by atoms with Gasteiger partial charge in [0.15, 0.2) is 0 Å².